The van der Waals surface area contributed by atoms with Gasteiger partial charge in [0.2, 0.25) is 10.0 Å². The van der Waals surface area contributed by atoms with Crippen LogP contribution in [0.15, 0.2) is 47.4 Å². The van der Waals surface area contributed by atoms with Crippen molar-refractivity contribution in [3.05, 3.63) is 53.6 Å². The van der Waals surface area contributed by atoms with Crippen LogP contribution in [0, 0.1) is 5.92 Å². The summed E-state index contributed by atoms with van der Waals surface area (Å²) in [5.74, 6) is -0.337. The van der Waals surface area contributed by atoms with E-state index < -0.39 is 16.0 Å². The highest BCUT2D eigenvalue weighted by Crippen LogP contribution is 2.33. The number of anilines is 1. The Morgan fingerprint density at radius 1 is 0.630 bits per heavy atom. The van der Waals surface area contributed by atoms with E-state index >= 15 is 0 Å². The van der Waals surface area contributed by atoms with Gasteiger partial charge >= 0.3 is 5.97 Å². The summed E-state index contributed by atoms with van der Waals surface area (Å²) in [4.78, 5) is 17.8. The number of aliphatic hydroxyl groups excluding tert-OH is 1. The minimum atomic E-state index is -3.66. The van der Waals surface area contributed by atoms with Gasteiger partial charge in [0.1, 0.15) is 5.82 Å². The third kappa shape index (κ3) is 25.8. The lowest BCUT2D eigenvalue weighted by Gasteiger charge is -2.36. The quantitative estimate of drug-likeness (QED) is 0.0624. The zero-order valence-electron chi connectivity index (χ0n) is 43.7. The van der Waals surface area contributed by atoms with Crippen LogP contribution in [0.3, 0.4) is 0 Å². The summed E-state index contributed by atoms with van der Waals surface area (Å²) in [5, 5.41) is 19.1. The molecule has 1 aromatic heterocycles. The minimum absolute atomic E-state index is 0.0100. The lowest BCUT2D eigenvalue weighted by Crippen LogP contribution is -2.51. The molecule has 1 saturated heterocycles. The van der Waals surface area contributed by atoms with Crippen molar-refractivity contribution in [3.8, 4) is 11.1 Å². The van der Waals surface area contributed by atoms with Crippen LogP contribution >= 0.6 is 0 Å². The smallest absolute Gasteiger partial charge is 0.305 e. The molecular weight excluding hydrogens is 965 g/mol. The molecule has 0 bridgehead atoms. The molecule has 19 nitrogen and oxygen atoms in total. The van der Waals surface area contributed by atoms with E-state index in [-0.39, 0.29) is 30.4 Å². The van der Waals surface area contributed by atoms with Crippen molar-refractivity contribution in [2.24, 2.45) is 5.92 Å². The maximum Gasteiger partial charge on any atom is 0.305 e. The number of pyridine rings is 1. The number of likely N-dealkylation sites (N-methyl/N-ethyl adjacent to an activating group) is 1. The SMILES string of the molecule is CCCCCc1cc2c(CCCCCN(C)CCOCCOCCOCCOCCOCCOCCOCCOCCOCCOCCC(=O)O)cc(-c3cccc(S(=O)(=O)N4CC(CO)C4)c3)cc2nc1N. The molecule has 4 N–H and O–H groups in total. The minimum Gasteiger partial charge on any atom is -0.481 e. The molecule has 2 heterocycles. The number of carbonyl (C=O) groups is 1. The van der Waals surface area contributed by atoms with Crippen LogP contribution in [0.25, 0.3) is 22.0 Å². The lowest BCUT2D eigenvalue weighted by molar-refractivity contribution is -0.138. The van der Waals surface area contributed by atoms with Crippen molar-refractivity contribution < 1.29 is 70.8 Å². The Hall–Kier alpha value is -3.45. The van der Waals surface area contributed by atoms with Gasteiger partial charge in [0.05, 0.1) is 149 Å². The van der Waals surface area contributed by atoms with Crippen LogP contribution in [0.4, 0.5) is 5.82 Å². The van der Waals surface area contributed by atoms with Crippen molar-refractivity contribution in [1.82, 2.24) is 14.2 Å². The fourth-order valence-corrected chi connectivity index (χ4v) is 9.45. The third-order valence-corrected chi connectivity index (χ3v) is 13.9. The summed E-state index contributed by atoms with van der Waals surface area (Å²) < 4.78 is 83.2. The van der Waals surface area contributed by atoms with Crippen LogP contribution < -0.4 is 5.73 Å². The van der Waals surface area contributed by atoms with Gasteiger partial charge < -0.3 is 68.2 Å². The Bertz CT molecular complexity index is 2050. The second-order valence-corrected chi connectivity index (χ2v) is 19.9. The Kier molecular flexibility index (Phi) is 32.4. The maximum atomic E-state index is 13.4. The molecule has 20 heteroatoms. The molecule has 1 aliphatic heterocycles. The number of aromatic nitrogens is 1. The van der Waals surface area contributed by atoms with Crippen LogP contribution in [0.1, 0.15) is 63.0 Å². The van der Waals surface area contributed by atoms with Crippen molar-refractivity contribution in [2.45, 2.75) is 69.6 Å². The highest BCUT2D eigenvalue weighted by Gasteiger charge is 2.36. The largest absolute Gasteiger partial charge is 0.481 e. The van der Waals surface area contributed by atoms with Crippen molar-refractivity contribution >= 4 is 32.7 Å². The molecule has 0 saturated carbocycles. The van der Waals surface area contributed by atoms with Crippen LogP contribution in [0.2, 0.25) is 0 Å². The predicted molar refractivity (Wildman–Crippen MR) is 280 cm³/mol. The number of aliphatic hydroxyl groups is 1. The van der Waals surface area contributed by atoms with Crippen LogP contribution in [-0.2, 0) is 75.0 Å². The fraction of sp³-hybridized carbons (Fsp3) is 0.698. The Balaban J connectivity index is 0.965. The zero-order valence-corrected chi connectivity index (χ0v) is 44.5. The summed E-state index contributed by atoms with van der Waals surface area (Å²) in [6.45, 7) is 13.9. The number of nitrogens with zero attached hydrogens (tertiary/aromatic N) is 3. The number of aryl methyl sites for hydroxylation is 2. The first-order chi connectivity index (χ1) is 35.6. The average molecular weight is 1050 g/mol. The van der Waals surface area contributed by atoms with Gasteiger partial charge in [-0.1, -0.05) is 44.4 Å². The lowest BCUT2D eigenvalue weighted by atomic mass is 9.94. The van der Waals surface area contributed by atoms with Crippen LogP contribution in [-0.4, -0.2) is 211 Å². The second kappa shape index (κ2) is 38.1. The summed E-state index contributed by atoms with van der Waals surface area (Å²) in [6.07, 6.45) is 8.21. The van der Waals surface area contributed by atoms with Gasteiger partial charge in [-0.25, -0.2) is 13.4 Å². The van der Waals surface area contributed by atoms with E-state index in [9.17, 15) is 18.3 Å². The second-order valence-electron chi connectivity index (χ2n) is 18.0. The molecule has 3 aromatic rings. The molecular formula is C53H86N4O15S. The monoisotopic (exact) mass is 1050 g/mol. The molecule has 4 rings (SSSR count). The molecule has 0 aliphatic carbocycles. The number of hydrogen-bond donors (Lipinski definition) is 3. The number of carboxylic acids is 1. The number of nitrogen functional groups attached to an aromatic ring is 1. The number of unbranched alkanes of at least 4 members (excludes halogenated alkanes) is 4. The first-order valence-corrected chi connectivity index (χ1v) is 27.7. The van der Waals surface area contributed by atoms with Crippen molar-refractivity contribution in [2.75, 3.05) is 178 Å². The van der Waals surface area contributed by atoms with Crippen molar-refractivity contribution in [1.29, 1.82) is 0 Å². The van der Waals surface area contributed by atoms with Gasteiger partial charge in [-0.2, -0.15) is 4.31 Å². The van der Waals surface area contributed by atoms with Crippen molar-refractivity contribution in [3.63, 3.8) is 0 Å². The number of ether oxygens (including phenoxy) is 10. The number of sulfonamides is 1. The standard InChI is InChI=1S/C53H86N4O15S/c1-3-4-6-11-47-39-50-46(37-48(40-51(50)55-53(47)54)45-12-9-13-49(38-45)73(61,62)57-41-44(42-57)43-58)10-7-5-8-15-56(2)16-18-64-20-22-66-24-26-68-28-30-70-32-34-72-36-35-71-33-31-69-29-27-67-25-23-65-21-19-63-17-14-52(59)60/h9,12-13,37-40,44,58H,3-8,10-11,14-36,41-43H2,1-2H3,(H2,54,55)(H,59,60). The number of nitrogens with two attached hydrogens (primary N) is 1. The molecule has 0 unspecified atom stereocenters. The van der Waals surface area contributed by atoms with E-state index in [0.717, 1.165) is 92.0 Å². The number of aliphatic carboxylic acids is 1. The van der Waals surface area contributed by atoms with E-state index in [1.165, 1.54) is 9.87 Å². The highest BCUT2D eigenvalue weighted by atomic mass is 32.2. The average Bonchev–Trinajstić information content (AvgIpc) is 3.36. The number of fused-ring (bicyclic) bond motifs is 1. The summed E-state index contributed by atoms with van der Waals surface area (Å²) in [7, 11) is -1.54. The topological polar surface area (TPSA) is 229 Å². The molecule has 1 aliphatic rings. The summed E-state index contributed by atoms with van der Waals surface area (Å²) >= 11 is 0. The van der Waals surface area contributed by atoms with Gasteiger partial charge in [0.25, 0.3) is 0 Å². The van der Waals surface area contributed by atoms with Gasteiger partial charge in [-0.05, 0) is 92.2 Å². The summed E-state index contributed by atoms with van der Waals surface area (Å²) in [5.41, 5.74) is 11.3. The molecule has 0 spiro atoms. The summed E-state index contributed by atoms with van der Waals surface area (Å²) in [6, 6.07) is 13.6. The zero-order chi connectivity index (χ0) is 52.2. The molecule has 0 atom stereocenters. The van der Waals surface area contributed by atoms with Crippen LogP contribution in [0.5, 0.6) is 0 Å². The Morgan fingerprint density at radius 3 is 1.63 bits per heavy atom. The van der Waals surface area contributed by atoms with E-state index in [4.69, 9.17) is 63.2 Å². The third-order valence-electron chi connectivity index (χ3n) is 12.1. The van der Waals surface area contributed by atoms with Gasteiger partial charge in [-0.15, -0.1) is 0 Å². The van der Waals surface area contributed by atoms with E-state index in [0.29, 0.717) is 144 Å². The van der Waals surface area contributed by atoms with E-state index in [1.54, 1.807) is 18.2 Å². The molecule has 73 heavy (non-hydrogen) atoms. The molecule has 414 valence electrons. The molecule has 2 aromatic carbocycles. The molecule has 1 fully saturated rings. The molecule has 0 radical (unpaired) electrons. The predicted octanol–water partition coefficient (Wildman–Crippen LogP) is 5.11. The first kappa shape index (κ1) is 62.1. The van der Waals surface area contributed by atoms with E-state index in [2.05, 4.69) is 31.0 Å². The first-order valence-electron chi connectivity index (χ1n) is 26.2. The van der Waals surface area contributed by atoms with Gasteiger partial charge in [0, 0.05) is 37.5 Å². The number of hydrogen-bond acceptors (Lipinski definition) is 17. The number of carboxylic acid groups (broad SMARTS) is 1. The fourth-order valence-electron chi connectivity index (χ4n) is 7.81. The normalized spacial score (nSPS) is 13.4. The molecule has 0 amide bonds. The van der Waals surface area contributed by atoms with E-state index in [1.807, 2.05) is 12.1 Å². The number of rotatable bonds is 47. The van der Waals surface area contributed by atoms with Gasteiger partial charge in [0.15, 0.2) is 0 Å². The number of benzene rings is 2. The maximum absolute atomic E-state index is 13.4. The Labute approximate surface area is 434 Å². The Morgan fingerprint density at radius 2 is 1.12 bits per heavy atom. The highest BCUT2D eigenvalue weighted by molar-refractivity contribution is 7.89. The van der Waals surface area contributed by atoms with Gasteiger partial charge in [-0.3, -0.25) is 4.79 Å².